The number of para-hydroxylation sites is 1. The van der Waals surface area contributed by atoms with E-state index in [-0.39, 0.29) is 11.0 Å². The lowest BCUT2D eigenvalue weighted by Gasteiger charge is -2.26. The van der Waals surface area contributed by atoms with Gasteiger partial charge in [0.05, 0.1) is 5.52 Å². The van der Waals surface area contributed by atoms with E-state index in [9.17, 15) is 4.79 Å². The van der Waals surface area contributed by atoms with Gasteiger partial charge in [-0.3, -0.25) is 9.78 Å². The summed E-state index contributed by atoms with van der Waals surface area (Å²) >= 11 is 1.30. The lowest BCUT2D eigenvalue weighted by molar-refractivity contribution is -0.111. The van der Waals surface area contributed by atoms with E-state index >= 15 is 0 Å². The number of aryl methyl sites for hydroxylation is 1. The highest BCUT2D eigenvalue weighted by Crippen LogP contribution is 2.40. The summed E-state index contributed by atoms with van der Waals surface area (Å²) in [6.45, 7) is 0. The number of rotatable bonds is 2. The van der Waals surface area contributed by atoms with Crippen LogP contribution >= 0.6 is 11.8 Å². The third kappa shape index (κ3) is 2.29. The fraction of sp³-hybridized carbons (Fsp3) is 0.375. The number of hydrogen-bond acceptors (Lipinski definition) is 4. The van der Waals surface area contributed by atoms with Crippen LogP contribution in [-0.4, -0.2) is 16.4 Å². The van der Waals surface area contributed by atoms with Crippen LogP contribution in [0, 0.1) is 0 Å². The smallest absolute Gasteiger partial charge is 0.189 e. The minimum atomic E-state index is 0.232. The molecule has 0 radical (unpaired) electrons. The van der Waals surface area contributed by atoms with Gasteiger partial charge < -0.3 is 5.73 Å². The molecular weight excluding hydrogens is 268 g/mol. The monoisotopic (exact) mass is 286 g/mol. The van der Waals surface area contributed by atoms with Gasteiger partial charge in [-0.25, -0.2) is 0 Å². The first kappa shape index (κ1) is 13.4. The van der Waals surface area contributed by atoms with E-state index in [4.69, 9.17) is 10.7 Å². The zero-order chi connectivity index (χ0) is 14.1. The largest absolute Gasteiger partial charge is 0.398 e. The molecular formula is C16H18N2OS. The fourth-order valence-corrected chi connectivity index (χ4v) is 3.47. The van der Waals surface area contributed by atoms with Crippen molar-refractivity contribution >= 4 is 33.5 Å². The van der Waals surface area contributed by atoms with Crippen LogP contribution < -0.4 is 5.73 Å². The molecule has 1 aromatic carbocycles. The minimum absolute atomic E-state index is 0.232. The average molecular weight is 286 g/mol. The standard InChI is InChI=1S/C16H18N2OS/c1-20-14(19)9-10-5-4-8-13-15(10)16(17)11-6-2-3-7-12(11)18-13/h2-3,6-7,10H,4-5,8-9H2,1H3,(H2,17,18). The number of carbonyl (C=O) groups excluding carboxylic acids is 1. The lowest BCUT2D eigenvalue weighted by atomic mass is 9.82. The van der Waals surface area contributed by atoms with Gasteiger partial charge in [0.15, 0.2) is 5.12 Å². The quantitative estimate of drug-likeness (QED) is 0.917. The van der Waals surface area contributed by atoms with Gasteiger partial charge in [-0.1, -0.05) is 30.0 Å². The van der Waals surface area contributed by atoms with Crippen LogP contribution in [-0.2, 0) is 11.2 Å². The molecule has 0 fully saturated rings. The van der Waals surface area contributed by atoms with Crippen molar-refractivity contribution in [3.63, 3.8) is 0 Å². The van der Waals surface area contributed by atoms with E-state index in [0.29, 0.717) is 6.42 Å². The Balaban J connectivity index is 2.12. The maximum atomic E-state index is 11.8. The Labute approximate surface area is 123 Å². The topological polar surface area (TPSA) is 56.0 Å². The van der Waals surface area contributed by atoms with E-state index in [1.165, 1.54) is 11.8 Å². The van der Waals surface area contributed by atoms with Crippen LogP contribution in [0.4, 0.5) is 5.69 Å². The molecule has 1 heterocycles. The molecule has 2 N–H and O–H groups in total. The Hall–Kier alpha value is -1.55. The molecule has 4 heteroatoms. The molecule has 1 unspecified atom stereocenters. The van der Waals surface area contributed by atoms with Crippen molar-refractivity contribution in [2.45, 2.75) is 31.6 Å². The first-order valence-corrected chi connectivity index (χ1v) is 8.17. The van der Waals surface area contributed by atoms with Crippen LogP contribution in [0.25, 0.3) is 10.9 Å². The van der Waals surface area contributed by atoms with E-state index < -0.39 is 0 Å². The summed E-state index contributed by atoms with van der Waals surface area (Å²) in [5, 5.41) is 1.24. The number of fused-ring (bicyclic) bond motifs is 2. The molecule has 0 saturated heterocycles. The second kappa shape index (κ2) is 5.44. The molecule has 3 rings (SSSR count). The number of nitrogen functional groups attached to an aromatic ring is 1. The molecule has 20 heavy (non-hydrogen) atoms. The number of nitrogens with zero attached hydrogens (tertiary/aromatic N) is 1. The van der Waals surface area contributed by atoms with Crippen LogP contribution in [0.2, 0.25) is 0 Å². The summed E-state index contributed by atoms with van der Waals surface area (Å²) in [5.74, 6) is 0.232. The highest BCUT2D eigenvalue weighted by atomic mass is 32.2. The Bertz CT molecular complexity index is 669. The molecule has 1 aromatic heterocycles. The number of aromatic nitrogens is 1. The second-order valence-corrected chi connectivity index (χ2v) is 6.14. The van der Waals surface area contributed by atoms with Crippen LogP contribution in [0.1, 0.15) is 36.4 Å². The molecule has 1 aliphatic carbocycles. The van der Waals surface area contributed by atoms with E-state index in [1.54, 1.807) is 0 Å². The molecule has 0 bridgehead atoms. The van der Waals surface area contributed by atoms with Gasteiger partial charge in [-0.15, -0.1) is 0 Å². The summed E-state index contributed by atoms with van der Waals surface area (Å²) in [4.78, 5) is 16.5. The third-order valence-corrected chi connectivity index (χ3v) is 4.69. The van der Waals surface area contributed by atoms with Gasteiger partial charge in [0, 0.05) is 28.8 Å². The van der Waals surface area contributed by atoms with Crippen molar-refractivity contribution in [2.75, 3.05) is 12.0 Å². The number of hydrogen-bond donors (Lipinski definition) is 1. The minimum Gasteiger partial charge on any atom is -0.398 e. The molecule has 0 amide bonds. The summed E-state index contributed by atoms with van der Waals surface area (Å²) in [6.07, 6.45) is 5.49. The second-order valence-electron chi connectivity index (χ2n) is 5.27. The lowest BCUT2D eigenvalue weighted by Crippen LogP contribution is -2.16. The van der Waals surface area contributed by atoms with Gasteiger partial charge >= 0.3 is 0 Å². The maximum Gasteiger partial charge on any atom is 0.189 e. The summed E-state index contributed by atoms with van der Waals surface area (Å²) in [7, 11) is 0. The normalized spacial score (nSPS) is 17.9. The van der Waals surface area contributed by atoms with Gasteiger partial charge in [-0.05, 0) is 37.5 Å². The van der Waals surface area contributed by atoms with Crippen molar-refractivity contribution in [3.05, 3.63) is 35.5 Å². The average Bonchev–Trinajstić information content (AvgIpc) is 2.47. The van der Waals surface area contributed by atoms with Gasteiger partial charge in [0.25, 0.3) is 0 Å². The van der Waals surface area contributed by atoms with E-state index in [2.05, 4.69) is 0 Å². The van der Waals surface area contributed by atoms with Crippen LogP contribution in [0.5, 0.6) is 0 Å². The summed E-state index contributed by atoms with van der Waals surface area (Å²) in [6, 6.07) is 7.99. The number of nitrogens with two attached hydrogens (primary N) is 1. The Morgan fingerprint density at radius 3 is 3.05 bits per heavy atom. The Morgan fingerprint density at radius 2 is 2.25 bits per heavy atom. The van der Waals surface area contributed by atoms with Crippen molar-refractivity contribution < 1.29 is 4.79 Å². The molecule has 0 spiro atoms. The summed E-state index contributed by atoms with van der Waals surface area (Å²) < 4.78 is 0. The van der Waals surface area contributed by atoms with Crippen LogP contribution in [0.15, 0.2) is 24.3 Å². The molecule has 1 aliphatic rings. The van der Waals surface area contributed by atoms with Gasteiger partial charge in [0.2, 0.25) is 0 Å². The predicted octanol–water partition coefficient (Wildman–Crippen LogP) is 3.52. The van der Waals surface area contributed by atoms with E-state index in [1.807, 2.05) is 30.5 Å². The van der Waals surface area contributed by atoms with Gasteiger partial charge in [0.1, 0.15) is 0 Å². The maximum absolute atomic E-state index is 11.8. The first-order valence-electron chi connectivity index (χ1n) is 6.94. The molecule has 1 atom stereocenters. The Morgan fingerprint density at radius 1 is 1.45 bits per heavy atom. The van der Waals surface area contributed by atoms with Crippen molar-refractivity contribution in [2.24, 2.45) is 0 Å². The molecule has 2 aromatic rings. The van der Waals surface area contributed by atoms with Crippen LogP contribution in [0.3, 0.4) is 0 Å². The predicted molar refractivity (Wildman–Crippen MR) is 85.0 cm³/mol. The highest BCUT2D eigenvalue weighted by Gasteiger charge is 2.26. The van der Waals surface area contributed by atoms with Crippen molar-refractivity contribution in [1.82, 2.24) is 4.98 Å². The van der Waals surface area contributed by atoms with Crippen molar-refractivity contribution in [1.29, 1.82) is 0 Å². The summed E-state index contributed by atoms with van der Waals surface area (Å²) in [5.41, 5.74) is 10.4. The molecule has 3 nitrogen and oxygen atoms in total. The van der Waals surface area contributed by atoms with E-state index in [0.717, 1.165) is 47.1 Å². The molecule has 104 valence electrons. The number of pyridine rings is 1. The number of thioether (sulfide) groups is 1. The fourth-order valence-electron chi connectivity index (χ4n) is 3.10. The Kier molecular flexibility index (Phi) is 3.66. The number of anilines is 1. The van der Waals surface area contributed by atoms with Crippen molar-refractivity contribution in [3.8, 4) is 0 Å². The number of carbonyl (C=O) groups is 1. The molecule has 0 saturated carbocycles. The zero-order valence-electron chi connectivity index (χ0n) is 11.6. The highest BCUT2D eigenvalue weighted by molar-refractivity contribution is 8.13. The van der Waals surface area contributed by atoms with Gasteiger partial charge in [-0.2, -0.15) is 0 Å². The first-order chi connectivity index (χ1) is 9.70. The third-order valence-electron chi connectivity index (χ3n) is 4.07. The molecule has 0 aliphatic heterocycles. The number of benzene rings is 1. The SMILES string of the molecule is CSC(=O)CC1CCCc2nc3ccccc3c(N)c21. The zero-order valence-corrected chi connectivity index (χ0v) is 12.4.